The smallest absolute Gasteiger partial charge is 0.226 e. The monoisotopic (exact) mass is 297 g/mol. The van der Waals surface area contributed by atoms with E-state index < -0.39 is 0 Å². The van der Waals surface area contributed by atoms with Gasteiger partial charge in [0, 0.05) is 25.2 Å². The highest BCUT2D eigenvalue weighted by atomic mass is 16.5. The molecule has 1 amide bonds. The molecule has 0 atom stereocenters. The Labute approximate surface area is 128 Å². The molecule has 2 rings (SSSR count). The van der Waals surface area contributed by atoms with Crippen LogP contribution in [0.4, 0.5) is 0 Å². The average molecular weight is 297 g/mol. The van der Waals surface area contributed by atoms with E-state index in [2.05, 4.69) is 36.3 Å². The lowest BCUT2D eigenvalue weighted by atomic mass is 9.75. The van der Waals surface area contributed by atoms with Crippen LogP contribution in [-0.4, -0.2) is 62.3 Å². The highest BCUT2D eigenvalue weighted by molar-refractivity contribution is 5.82. The number of hydrogen-bond acceptors (Lipinski definition) is 4. The molecule has 0 saturated carbocycles. The Morgan fingerprint density at radius 3 is 2.48 bits per heavy atom. The highest BCUT2D eigenvalue weighted by Crippen LogP contribution is 2.32. The molecular weight excluding hydrogens is 266 g/mol. The second kappa shape index (κ2) is 7.07. The van der Waals surface area contributed by atoms with Gasteiger partial charge in [0.2, 0.25) is 5.91 Å². The Morgan fingerprint density at radius 1 is 1.29 bits per heavy atom. The summed E-state index contributed by atoms with van der Waals surface area (Å²) in [4.78, 5) is 15.1. The molecule has 0 aromatic rings. The third-order valence-corrected chi connectivity index (χ3v) is 5.27. The van der Waals surface area contributed by atoms with Crippen molar-refractivity contribution < 1.29 is 9.53 Å². The van der Waals surface area contributed by atoms with Gasteiger partial charge < -0.3 is 15.4 Å². The zero-order valence-corrected chi connectivity index (χ0v) is 13.8. The van der Waals surface area contributed by atoms with Gasteiger partial charge >= 0.3 is 0 Å². The lowest BCUT2D eigenvalue weighted by Crippen LogP contribution is -2.57. The summed E-state index contributed by atoms with van der Waals surface area (Å²) in [5.74, 6) is 0.243. The predicted octanol–water partition coefficient (Wildman–Crippen LogP) is 0.993. The summed E-state index contributed by atoms with van der Waals surface area (Å²) in [6.07, 6.45) is 2.83. The van der Waals surface area contributed by atoms with Crippen molar-refractivity contribution in [1.82, 2.24) is 15.5 Å². The fraction of sp³-hybridized carbons (Fsp3) is 0.938. The molecule has 2 fully saturated rings. The number of carbonyl (C=O) groups is 1. The predicted molar refractivity (Wildman–Crippen MR) is 84.3 cm³/mol. The third-order valence-electron chi connectivity index (χ3n) is 5.27. The number of rotatable bonds is 5. The molecule has 5 heteroatoms. The topological polar surface area (TPSA) is 53.6 Å². The SMILES string of the molecule is CCC1(C(=O)NCC(C)(C)N2CCOCC2)CCNCC1. The number of hydrogen-bond donors (Lipinski definition) is 2. The quantitative estimate of drug-likeness (QED) is 0.795. The molecule has 0 spiro atoms. The number of ether oxygens (including phenoxy) is 1. The van der Waals surface area contributed by atoms with Crippen LogP contribution in [0.1, 0.15) is 40.0 Å². The van der Waals surface area contributed by atoms with Crippen LogP contribution in [-0.2, 0) is 9.53 Å². The van der Waals surface area contributed by atoms with E-state index in [0.29, 0.717) is 6.54 Å². The summed E-state index contributed by atoms with van der Waals surface area (Å²) in [7, 11) is 0. The van der Waals surface area contributed by atoms with Crippen molar-refractivity contribution >= 4 is 5.91 Å². The molecule has 2 N–H and O–H groups in total. The molecule has 0 aromatic carbocycles. The van der Waals surface area contributed by atoms with Crippen LogP contribution >= 0.6 is 0 Å². The van der Waals surface area contributed by atoms with Gasteiger partial charge in [-0.25, -0.2) is 0 Å². The number of carbonyl (C=O) groups excluding carboxylic acids is 1. The Kier molecular flexibility index (Phi) is 5.63. The van der Waals surface area contributed by atoms with E-state index >= 15 is 0 Å². The Bertz CT molecular complexity index is 345. The minimum Gasteiger partial charge on any atom is -0.379 e. The summed E-state index contributed by atoms with van der Waals surface area (Å²) in [6, 6.07) is 0. The first-order valence-electron chi connectivity index (χ1n) is 8.32. The lowest BCUT2D eigenvalue weighted by Gasteiger charge is -2.42. The van der Waals surface area contributed by atoms with Crippen molar-refractivity contribution in [3.63, 3.8) is 0 Å². The van der Waals surface area contributed by atoms with Crippen molar-refractivity contribution in [3.8, 4) is 0 Å². The summed E-state index contributed by atoms with van der Waals surface area (Å²) in [6.45, 7) is 12.7. The first-order chi connectivity index (χ1) is 10.0. The van der Waals surface area contributed by atoms with E-state index in [1.165, 1.54) is 0 Å². The molecule has 2 saturated heterocycles. The maximum Gasteiger partial charge on any atom is 0.226 e. The van der Waals surface area contributed by atoms with Gasteiger partial charge in [-0.05, 0) is 46.2 Å². The standard InChI is InChI=1S/C16H31N3O2/c1-4-16(5-7-17-8-6-16)14(20)18-13-15(2,3)19-9-11-21-12-10-19/h17H,4-13H2,1-3H3,(H,18,20). The number of morpholine rings is 1. The molecule has 0 aliphatic carbocycles. The second-order valence-corrected chi connectivity index (χ2v) is 6.98. The van der Waals surface area contributed by atoms with E-state index in [1.807, 2.05) is 0 Å². The highest BCUT2D eigenvalue weighted by Gasteiger charge is 2.38. The molecule has 122 valence electrons. The summed E-state index contributed by atoms with van der Waals surface area (Å²) in [5.41, 5.74) is -0.173. The number of nitrogens with one attached hydrogen (secondary N) is 2. The van der Waals surface area contributed by atoms with Crippen LogP contribution in [0.2, 0.25) is 0 Å². The average Bonchev–Trinajstić information content (AvgIpc) is 2.54. The van der Waals surface area contributed by atoms with Crippen molar-refractivity contribution in [2.75, 3.05) is 45.9 Å². The normalized spacial score (nSPS) is 23.8. The van der Waals surface area contributed by atoms with E-state index in [0.717, 1.165) is 58.7 Å². The van der Waals surface area contributed by atoms with E-state index in [1.54, 1.807) is 0 Å². The van der Waals surface area contributed by atoms with Crippen LogP contribution in [0.3, 0.4) is 0 Å². The van der Waals surface area contributed by atoms with Gasteiger partial charge in [0.25, 0.3) is 0 Å². The van der Waals surface area contributed by atoms with Crippen LogP contribution < -0.4 is 10.6 Å². The Hall–Kier alpha value is -0.650. The number of piperidine rings is 1. The molecule has 0 unspecified atom stereocenters. The lowest BCUT2D eigenvalue weighted by molar-refractivity contribution is -0.133. The van der Waals surface area contributed by atoms with Crippen LogP contribution in [0.25, 0.3) is 0 Å². The minimum atomic E-state index is -0.160. The van der Waals surface area contributed by atoms with Crippen LogP contribution in [0, 0.1) is 5.41 Å². The maximum atomic E-state index is 12.7. The van der Waals surface area contributed by atoms with Gasteiger partial charge in [-0.2, -0.15) is 0 Å². The first kappa shape index (κ1) is 16.7. The van der Waals surface area contributed by atoms with Crippen molar-refractivity contribution in [1.29, 1.82) is 0 Å². The zero-order valence-electron chi connectivity index (χ0n) is 13.8. The molecule has 2 aliphatic heterocycles. The molecule has 2 aliphatic rings. The third kappa shape index (κ3) is 3.96. The van der Waals surface area contributed by atoms with Gasteiger partial charge in [0.15, 0.2) is 0 Å². The van der Waals surface area contributed by atoms with Gasteiger partial charge in [0.1, 0.15) is 0 Å². The summed E-state index contributed by atoms with van der Waals surface area (Å²) in [5, 5.41) is 6.58. The summed E-state index contributed by atoms with van der Waals surface area (Å²) < 4.78 is 5.41. The Morgan fingerprint density at radius 2 is 1.90 bits per heavy atom. The van der Waals surface area contributed by atoms with E-state index in [-0.39, 0.29) is 16.9 Å². The molecule has 0 radical (unpaired) electrons. The maximum absolute atomic E-state index is 12.7. The van der Waals surface area contributed by atoms with E-state index in [9.17, 15) is 4.79 Å². The fourth-order valence-corrected chi connectivity index (χ4v) is 3.41. The number of amides is 1. The van der Waals surface area contributed by atoms with Crippen LogP contribution in [0.5, 0.6) is 0 Å². The van der Waals surface area contributed by atoms with Gasteiger partial charge in [0.05, 0.1) is 18.6 Å². The zero-order chi connectivity index (χ0) is 15.3. The Balaban J connectivity index is 1.89. The summed E-state index contributed by atoms with van der Waals surface area (Å²) >= 11 is 0. The first-order valence-corrected chi connectivity index (χ1v) is 8.32. The number of nitrogens with zero attached hydrogens (tertiary/aromatic N) is 1. The molecular formula is C16H31N3O2. The van der Waals surface area contributed by atoms with Crippen LogP contribution in [0.15, 0.2) is 0 Å². The molecule has 0 bridgehead atoms. The molecule has 21 heavy (non-hydrogen) atoms. The second-order valence-electron chi connectivity index (χ2n) is 6.98. The van der Waals surface area contributed by atoms with Crippen molar-refractivity contribution in [3.05, 3.63) is 0 Å². The minimum absolute atomic E-state index is 0.0126. The van der Waals surface area contributed by atoms with Gasteiger partial charge in [-0.15, -0.1) is 0 Å². The van der Waals surface area contributed by atoms with Crippen molar-refractivity contribution in [2.24, 2.45) is 5.41 Å². The van der Waals surface area contributed by atoms with E-state index in [4.69, 9.17) is 4.74 Å². The molecule has 0 aromatic heterocycles. The molecule has 2 heterocycles. The van der Waals surface area contributed by atoms with Gasteiger partial charge in [-0.3, -0.25) is 9.69 Å². The molecule has 5 nitrogen and oxygen atoms in total. The van der Waals surface area contributed by atoms with Gasteiger partial charge in [-0.1, -0.05) is 6.92 Å². The largest absolute Gasteiger partial charge is 0.379 e. The van der Waals surface area contributed by atoms with Crippen molar-refractivity contribution in [2.45, 2.75) is 45.6 Å². The fourth-order valence-electron chi connectivity index (χ4n) is 3.41.